The zero-order chi connectivity index (χ0) is 21.7. The van der Waals surface area contributed by atoms with E-state index in [1.807, 2.05) is 26.0 Å². The first-order valence-corrected chi connectivity index (χ1v) is 10.2. The molecular weight excluding hydrogens is 383 g/mol. The molecule has 0 aliphatic carbocycles. The normalized spacial score (nSPS) is 12.0. The van der Waals surface area contributed by atoms with Crippen LogP contribution in [0.1, 0.15) is 45.0 Å². The Morgan fingerprint density at radius 3 is 2.67 bits per heavy atom. The lowest BCUT2D eigenvalue weighted by molar-refractivity contribution is 0.179. The highest BCUT2D eigenvalue weighted by atomic mass is 19.1. The summed E-state index contributed by atoms with van der Waals surface area (Å²) in [4.78, 5) is 32.4. The quantitative estimate of drug-likeness (QED) is 0.605. The van der Waals surface area contributed by atoms with Crippen LogP contribution in [0.4, 0.5) is 14.9 Å². The molecule has 1 unspecified atom stereocenters. The van der Waals surface area contributed by atoms with Gasteiger partial charge in [0.1, 0.15) is 11.6 Å². The number of fused-ring (bicyclic) bond motifs is 1. The third kappa shape index (κ3) is 4.50. The van der Waals surface area contributed by atoms with Gasteiger partial charge < -0.3 is 10.2 Å². The molecule has 7 heteroatoms. The maximum Gasteiger partial charge on any atom is 0.322 e. The second-order valence-corrected chi connectivity index (χ2v) is 7.26. The summed E-state index contributed by atoms with van der Waals surface area (Å²) in [6.45, 7) is 4.51. The lowest BCUT2D eigenvalue weighted by atomic mass is 10.1. The van der Waals surface area contributed by atoms with E-state index < -0.39 is 11.9 Å². The largest absolute Gasteiger partial charge is 0.322 e. The number of unbranched alkanes of at least 4 members (excludes halogenated alkanes) is 1. The molecule has 0 radical (unpaired) electrons. The molecule has 0 saturated carbocycles. The maximum atomic E-state index is 13.5. The van der Waals surface area contributed by atoms with E-state index in [1.54, 1.807) is 36.2 Å². The number of urea groups is 1. The van der Waals surface area contributed by atoms with E-state index >= 15 is 0 Å². The fourth-order valence-corrected chi connectivity index (χ4v) is 3.56. The number of carbonyl (C=O) groups excluding carboxylic acids is 1. The third-order valence-electron chi connectivity index (χ3n) is 5.17. The van der Waals surface area contributed by atoms with Crippen molar-refractivity contribution in [2.45, 2.75) is 39.2 Å². The number of benzene rings is 2. The summed E-state index contributed by atoms with van der Waals surface area (Å²) in [6, 6.07) is 12.3. The van der Waals surface area contributed by atoms with Gasteiger partial charge in [-0.1, -0.05) is 38.5 Å². The highest BCUT2D eigenvalue weighted by molar-refractivity contribution is 5.89. The maximum absolute atomic E-state index is 13.5. The molecule has 1 atom stereocenters. The number of para-hydroxylation sites is 1. The monoisotopic (exact) mass is 410 g/mol. The number of nitrogens with one attached hydrogen (secondary N) is 1. The zero-order valence-corrected chi connectivity index (χ0v) is 17.6. The van der Waals surface area contributed by atoms with Crippen LogP contribution in [-0.4, -0.2) is 27.0 Å². The second-order valence-electron chi connectivity index (χ2n) is 7.26. The number of carbonyl (C=O) groups is 1. The lowest BCUT2D eigenvalue weighted by Crippen LogP contribution is -2.41. The van der Waals surface area contributed by atoms with Gasteiger partial charge in [0, 0.05) is 19.3 Å². The topological polar surface area (TPSA) is 67.2 Å². The van der Waals surface area contributed by atoms with Gasteiger partial charge in [-0.15, -0.1) is 0 Å². The Labute approximate surface area is 175 Å². The molecule has 0 aliphatic rings. The number of rotatable bonds is 7. The van der Waals surface area contributed by atoms with Gasteiger partial charge in [0.2, 0.25) is 0 Å². The molecule has 0 spiro atoms. The zero-order valence-electron chi connectivity index (χ0n) is 17.6. The molecule has 158 valence electrons. The summed E-state index contributed by atoms with van der Waals surface area (Å²) in [7, 11) is 1.68. The van der Waals surface area contributed by atoms with Crippen LogP contribution in [0.3, 0.4) is 0 Å². The van der Waals surface area contributed by atoms with Gasteiger partial charge >= 0.3 is 6.03 Å². The lowest BCUT2D eigenvalue weighted by Gasteiger charge is -2.32. The molecule has 0 saturated heterocycles. The van der Waals surface area contributed by atoms with Crippen LogP contribution in [0.2, 0.25) is 0 Å². The average Bonchev–Trinajstić information content (AvgIpc) is 2.74. The van der Waals surface area contributed by atoms with Crippen LogP contribution in [-0.2, 0) is 7.05 Å². The molecule has 0 fully saturated rings. The molecule has 1 heterocycles. The molecule has 6 nitrogen and oxygen atoms in total. The van der Waals surface area contributed by atoms with E-state index in [2.05, 4.69) is 5.32 Å². The highest BCUT2D eigenvalue weighted by Crippen LogP contribution is 2.25. The van der Waals surface area contributed by atoms with Crippen LogP contribution in [0.25, 0.3) is 10.9 Å². The van der Waals surface area contributed by atoms with Crippen LogP contribution in [0.15, 0.2) is 53.3 Å². The SMILES string of the molecule is CCCCN(C(=O)Nc1cccc(F)c1)C(CC)c1nc2ccccc2c(=O)n1C. The molecule has 0 aliphatic heterocycles. The summed E-state index contributed by atoms with van der Waals surface area (Å²) in [5.41, 5.74) is 0.849. The Morgan fingerprint density at radius 2 is 1.97 bits per heavy atom. The molecule has 3 rings (SSSR count). The molecular formula is C23H27FN4O2. The minimum absolute atomic E-state index is 0.143. The van der Waals surface area contributed by atoms with Gasteiger partial charge in [-0.25, -0.2) is 14.2 Å². The first kappa shape index (κ1) is 21.5. The number of anilines is 1. The Bertz CT molecular complexity index is 1100. The van der Waals surface area contributed by atoms with Crippen LogP contribution in [0.5, 0.6) is 0 Å². The van der Waals surface area contributed by atoms with E-state index in [1.165, 1.54) is 16.7 Å². The van der Waals surface area contributed by atoms with Crippen molar-refractivity contribution in [3.63, 3.8) is 0 Å². The van der Waals surface area contributed by atoms with Gasteiger partial charge in [-0.05, 0) is 43.2 Å². The van der Waals surface area contributed by atoms with E-state index in [-0.39, 0.29) is 11.6 Å². The molecule has 0 bridgehead atoms. The fourth-order valence-electron chi connectivity index (χ4n) is 3.56. The summed E-state index contributed by atoms with van der Waals surface area (Å²) in [5, 5.41) is 3.32. The molecule has 3 aromatic rings. The predicted octanol–water partition coefficient (Wildman–Crippen LogP) is 4.86. The Balaban J connectivity index is 2.01. The number of halogens is 1. The van der Waals surface area contributed by atoms with Crippen molar-refractivity contribution in [2.24, 2.45) is 7.05 Å². The summed E-state index contributed by atoms with van der Waals surface area (Å²) < 4.78 is 15.1. The minimum Gasteiger partial charge on any atom is -0.314 e. The van der Waals surface area contributed by atoms with Crippen molar-refractivity contribution in [3.05, 3.63) is 70.5 Å². The first-order chi connectivity index (χ1) is 14.5. The van der Waals surface area contributed by atoms with Crippen molar-refractivity contribution < 1.29 is 9.18 Å². The standard InChI is InChI=1S/C23H27FN4O2/c1-4-6-14-28(23(30)25-17-11-9-10-16(24)15-17)20(5-2)21-26-19-13-8-7-12-18(19)22(29)27(21)3/h7-13,15,20H,4-6,14H2,1-3H3,(H,25,30). The summed E-state index contributed by atoms with van der Waals surface area (Å²) in [6.07, 6.45) is 2.29. The first-order valence-electron chi connectivity index (χ1n) is 10.2. The van der Waals surface area contributed by atoms with Crippen molar-refractivity contribution in [2.75, 3.05) is 11.9 Å². The minimum atomic E-state index is -0.418. The molecule has 1 aromatic heterocycles. The molecule has 1 N–H and O–H groups in total. The number of hydrogen-bond acceptors (Lipinski definition) is 3. The van der Waals surface area contributed by atoms with Gasteiger partial charge in [-0.2, -0.15) is 0 Å². The number of amides is 2. The smallest absolute Gasteiger partial charge is 0.314 e. The van der Waals surface area contributed by atoms with Crippen molar-refractivity contribution in [1.29, 1.82) is 0 Å². The Morgan fingerprint density at radius 1 is 1.20 bits per heavy atom. The van der Waals surface area contributed by atoms with Crippen LogP contribution < -0.4 is 10.9 Å². The molecule has 2 amide bonds. The van der Waals surface area contributed by atoms with E-state index in [0.717, 1.165) is 12.8 Å². The van der Waals surface area contributed by atoms with Gasteiger partial charge in [-0.3, -0.25) is 9.36 Å². The number of hydrogen-bond donors (Lipinski definition) is 1. The average molecular weight is 410 g/mol. The van der Waals surface area contributed by atoms with Gasteiger partial charge in [0.25, 0.3) is 5.56 Å². The van der Waals surface area contributed by atoms with Gasteiger partial charge in [0.05, 0.1) is 16.9 Å². The van der Waals surface area contributed by atoms with Crippen molar-refractivity contribution >= 4 is 22.6 Å². The Hall–Kier alpha value is -3.22. The van der Waals surface area contributed by atoms with Crippen LogP contribution >= 0.6 is 0 Å². The van der Waals surface area contributed by atoms with E-state index in [0.29, 0.717) is 35.4 Å². The van der Waals surface area contributed by atoms with Crippen LogP contribution in [0, 0.1) is 5.82 Å². The fraction of sp³-hybridized carbons (Fsp3) is 0.348. The molecule has 2 aromatic carbocycles. The van der Waals surface area contributed by atoms with E-state index in [4.69, 9.17) is 4.98 Å². The van der Waals surface area contributed by atoms with Crippen molar-refractivity contribution in [1.82, 2.24) is 14.5 Å². The Kier molecular flexibility index (Phi) is 6.82. The number of aromatic nitrogens is 2. The number of nitrogens with zero attached hydrogens (tertiary/aromatic N) is 3. The predicted molar refractivity (Wildman–Crippen MR) is 117 cm³/mol. The summed E-state index contributed by atoms with van der Waals surface area (Å²) in [5.74, 6) is 0.116. The van der Waals surface area contributed by atoms with Gasteiger partial charge in [0.15, 0.2) is 0 Å². The summed E-state index contributed by atoms with van der Waals surface area (Å²) >= 11 is 0. The van der Waals surface area contributed by atoms with E-state index in [9.17, 15) is 14.0 Å². The second kappa shape index (κ2) is 9.52. The highest BCUT2D eigenvalue weighted by Gasteiger charge is 2.27. The molecule has 30 heavy (non-hydrogen) atoms. The van der Waals surface area contributed by atoms with Crippen molar-refractivity contribution in [3.8, 4) is 0 Å². The third-order valence-corrected chi connectivity index (χ3v) is 5.17.